The number of carbonyl (C=O) groups is 1. The third kappa shape index (κ3) is 2.63. The van der Waals surface area contributed by atoms with Crippen LogP contribution in [0, 0.1) is 0 Å². The van der Waals surface area contributed by atoms with Gasteiger partial charge in [-0.05, 0) is 43.7 Å². The molecule has 1 aromatic heterocycles. The molecular weight excluding hydrogens is 244 g/mol. The molecular formula is C13H14N4O2. The highest BCUT2D eigenvalue weighted by atomic mass is 16.4. The van der Waals surface area contributed by atoms with E-state index in [1.807, 2.05) is 24.3 Å². The zero-order chi connectivity index (χ0) is 13.1. The van der Waals surface area contributed by atoms with Crippen molar-refractivity contribution in [3.63, 3.8) is 0 Å². The number of rotatable bonds is 3. The first-order chi connectivity index (χ1) is 9.33. The Kier molecular flexibility index (Phi) is 3.24. The van der Waals surface area contributed by atoms with Gasteiger partial charge in [-0.2, -0.15) is 0 Å². The zero-order valence-electron chi connectivity index (χ0n) is 10.3. The summed E-state index contributed by atoms with van der Waals surface area (Å²) in [6.45, 7) is 0.911. The fourth-order valence-electron chi connectivity index (χ4n) is 2.13. The number of anilines is 1. The molecule has 0 spiro atoms. The van der Waals surface area contributed by atoms with E-state index in [4.69, 9.17) is 4.42 Å². The lowest BCUT2D eigenvalue weighted by atomic mass is 10.2. The molecule has 0 radical (unpaired) electrons. The monoisotopic (exact) mass is 258 g/mol. The predicted octanol–water partition coefficient (Wildman–Crippen LogP) is 1.43. The minimum Gasteiger partial charge on any atom is -0.423 e. The Labute approximate surface area is 110 Å². The second-order valence-corrected chi connectivity index (χ2v) is 4.46. The number of benzene rings is 1. The van der Waals surface area contributed by atoms with Crippen LogP contribution in [0.3, 0.4) is 0 Å². The average molecular weight is 258 g/mol. The van der Waals surface area contributed by atoms with Gasteiger partial charge in [-0.15, -0.1) is 10.2 Å². The Bertz CT molecular complexity index is 545. The van der Waals surface area contributed by atoms with Gasteiger partial charge in [-0.1, -0.05) is 0 Å². The SMILES string of the molecule is O=C(Nc1ccc(-c2nnco2)cc1)[C@@H]1CCCN1. The lowest BCUT2D eigenvalue weighted by Gasteiger charge is -2.11. The summed E-state index contributed by atoms with van der Waals surface area (Å²) in [6, 6.07) is 7.26. The summed E-state index contributed by atoms with van der Waals surface area (Å²) in [6.07, 6.45) is 3.23. The number of amides is 1. The van der Waals surface area contributed by atoms with Crippen LogP contribution in [0.25, 0.3) is 11.5 Å². The van der Waals surface area contributed by atoms with Crippen LogP contribution in [0.4, 0.5) is 5.69 Å². The van der Waals surface area contributed by atoms with Crippen LogP contribution >= 0.6 is 0 Å². The van der Waals surface area contributed by atoms with Gasteiger partial charge in [0.15, 0.2) is 0 Å². The van der Waals surface area contributed by atoms with E-state index in [2.05, 4.69) is 20.8 Å². The Balaban J connectivity index is 1.67. The summed E-state index contributed by atoms with van der Waals surface area (Å²) >= 11 is 0. The summed E-state index contributed by atoms with van der Waals surface area (Å²) in [4.78, 5) is 11.9. The van der Waals surface area contributed by atoms with Crippen molar-refractivity contribution in [2.45, 2.75) is 18.9 Å². The van der Waals surface area contributed by atoms with E-state index in [-0.39, 0.29) is 11.9 Å². The second-order valence-electron chi connectivity index (χ2n) is 4.46. The Morgan fingerprint density at radius 1 is 1.37 bits per heavy atom. The normalized spacial score (nSPS) is 18.4. The molecule has 1 aromatic carbocycles. The van der Waals surface area contributed by atoms with Crippen molar-refractivity contribution in [3.05, 3.63) is 30.7 Å². The highest BCUT2D eigenvalue weighted by Crippen LogP contribution is 2.19. The fraction of sp³-hybridized carbons (Fsp3) is 0.308. The largest absolute Gasteiger partial charge is 0.423 e. The van der Waals surface area contributed by atoms with E-state index >= 15 is 0 Å². The number of hydrogen-bond acceptors (Lipinski definition) is 5. The third-order valence-electron chi connectivity index (χ3n) is 3.14. The van der Waals surface area contributed by atoms with Crippen molar-refractivity contribution < 1.29 is 9.21 Å². The first kappa shape index (κ1) is 11.9. The first-order valence-electron chi connectivity index (χ1n) is 6.24. The summed E-state index contributed by atoms with van der Waals surface area (Å²) in [5.74, 6) is 0.485. The molecule has 0 saturated carbocycles. The molecule has 1 fully saturated rings. The maximum absolute atomic E-state index is 11.9. The number of nitrogens with zero attached hydrogens (tertiary/aromatic N) is 2. The molecule has 2 aromatic rings. The number of nitrogens with one attached hydrogen (secondary N) is 2. The molecule has 1 saturated heterocycles. The van der Waals surface area contributed by atoms with Crippen molar-refractivity contribution in [1.82, 2.24) is 15.5 Å². The van der Waals surface area contributed by atoms with Crippen molar-refractivity contribution in [1.29, 1.82) is 0 Å². The van der Waals surface area contributed by atoms with Gasteiger partial charge in [-0.3, -0.25) is 4.79 Å². The molecule has 1 aliphatic heterocycles. The summed E-state index contributed by atoms with van der Waals surface area (Å²) < 4.78 is 5.10. The molecule has 1 atom stereocenters. The molecule has 3 rings (SSSR count). The highest BCUT2D eigenvalue weighted by molar-refractivity contribution is 5.95. The van der Waals surface area contributed by atoms with Crippen LogP contribution in [0.15, 0.2) is 35.1 Å². The molecule has 1 aliphatic rings. The van der Waals surface area contributed by atoms with E-state index in [1.54, 1.807) is 0 Å². The Morgan fingerprint density at radius 2 is 2.21 bits per heavy atom. The highest BCUT2D eigenvalue weighted by Gasteiger charge is 2.21. The minimum absolute atomic E-state index is 0.0167. The standard InChI is InChI=1S/C13H14N4O2/c18-12(11-2-1-7-14-11)16-10-5-3-9(4-6-10)13-17-15-8-19-13/h3-6,8,11,14H,1-2,7H2,(H,16,18)/t11-/m0/s1. The minimum atomic E-state index is -0.0735. The quantitative estimate of drug-likeness (QED) is 0.870. The zero-order valence-corrected chi connectivity index (χ0v) is 10.3. The lowest BCUT2D eigenvalue weighted by Crippen LogP contribution is -2.35. The van der Waals surface area contributed by atoms with Gasteiger partial charge in [0, 0.05) is 11.3 Å². The van der Waals surface area contributed by atoms with E-state index in [9.17, 15) is 4.79 Å². The van der Waals surface area contributed by atoms with E-state index in [0.29, 0.717) is 5.89 Å². The van der Waals surface area contributed by atoms with Crippen LogP contribution in [0.5, 0.6) is 0 Å². The van der Waals surface area contributed by atoms with Crippen molar-refractivity contribution in [3.8, 4) is 11.5 Å². The van der Waals surface area contributed by atoms with Crippen molar-refractivity contribution >= 4 is 11.6 Å². The molecule has 0 bridgehead atoms. The smallest absolute Gasteiger partial charge is 0.247 e. The number of carbonyl (C=O) groups excluding carboxylic acids is 1. The van der Waals surface area contributed by atoms with Gasteiger partial charge < -0.3 is 15.1 Å². The van der Waals surface area contributed by atoms with E-state index < -0.39 is 0 Å². The topological polar surface area (TPSA) is 80.1 Å². The van der Waals surface area contributed by atoms with Gasteiger partial charge in [0.25, 0.3) is 0 Å². The summed E-state index contributed by atoms with van der Waals surface area (Å²) in [5, 5.41) is 13.5. The van der Waals surface area contributed by atoms with Crippen molar-refractivity contribution in [2.24, 2.45) is 0 Å². The molecule has 98 valence electrons. The molecule has 19 heavy (non-hydrogen) atoms. The van der Waals surface area contributed by atoms with Crippen LogP contribution in [-0.2, 0) is 4.79 Å². The van der Waals surface area contributed by atoms with Gasteiger partial charge >= 0.3 is 0 Å². The predicted molar refractivity (Wildman–Crippen MR) is 69.4 cm³/mol. The maximum atomic E-state index is 11.9. The lowest BCUT2D eigenvalue weighted by molar-refractivity contribution is -0.117. The van der Waals surface area contributed by atoms with Gasteiger partial charge in [-0.25, -0.2) is 0 Å². The van der Waals surface area contributed by atoms with E-state index in [1.165, 1.54) is 6.39 Å². The van der Waals surface area contributed by atoms with Gasteiger partial charge in [0.2, 0.25) is 18.2 Å². The maximum Gasteiger partial charge on any atom is 0.247 e. The first-order valence-corrected chi connectivity index (χ1v) is 6.24. The van der Waals surface area contributed by atoms with Crippen LogP contribution in [0.1, 0.15) is 12.8 Å². The van der Waals surface area contributed by atoms with E-state index in [0.717, 1.165) is 30.6 Å². The molecule has 0 unspecified atom stereocenters. The average Bonchev–Trinajstić information content (AvgIpc) is 3.13. The van der Waals surface area contributed by atoms with Crippen LogP contribution in [-0.4, -0.2) is 28.7 Å². The van der Waals surface area contributed by atoms with Crippen LogP contribution in [0.2, 0.25) is 0 Å². The van der Waals surface area contributed by atoms with Crippen molar-refractivity contribution in [2.75, 3.05) is 11.9 Å². The molecule has 2 N–H and O–H groups in total. The molecule has 6 heteroatoms. The van der Waals surface area contributed by atoms with Gasteiger partial charge in [0.1, 0.15) is 0 Å². The Hall–Kier alpha value is -2.21. The molecule has 1 amide bonds. The second kappa shape index (κ2) is 5.19. The van der Waals surface area contributed by atoms with Crippen LogP contribution < -0.4 is 10.6 Å². The molecule has 0 aliphatic carbocycles. The number of hydrogen-bond donors (Lipinski definition) is 2. The summed E-state index contributed by atoms with van der Waals surface area (Å²) in [7, 11) is 0. The fourth-order valence-corrected chi connectivity index (χ4v) is 2.13. The summed E-state index contributed by atoms with van der Waals surface area (Å²) in [5.41, 5.74) is 1.59. The number of aromatic nitrogens is 2. The third-order valence-corrected chi connectivity index (χ3v) is 3.14. The Morgan fingerprint density at radius 3 is 2.84 bits per heavy atom. The van der Waals surface area contributed by atoms with Gasteiger partial charge in [0.05, 0.1) is 6.04 Å². The molecule has 2 heterocycles. The molecule has 6 nitrogen and oxygen atoms in total.